The normalized spacial score (nSPS) is 12.5. The number of aliphatic hydroxyl groups excluding tert-OH is 1. The SMILES string of the molecule is CC(C)CC(N)C(=O)NCc1ccc(CO)cc1. The molecule has 4 N–H and O–H groups in total. The molecular formula is C14H22N2O2. The number of carbonyl (C=O) groups excluding carboxylic acids is 1. The molecule has 0 spiro atoms. The molecule has 0 saturated heterocycles. The standard InChI is InChI=1S/C14H22N2O2/c1-10(2)7-13(15)14(18)16-8-11-3-5-12(9-17)6-4-11/h3-6,10,13,17H,7-9,15H2,1-2H3,(H,16,18). The Kier molecular flexibility index (Phi) is 5.82. The Labute approximate surface area is 108 Å². The molecular weight excluding hydrogens is 228 g/mol. The Morgan fingerprint density at radius 3 is 2.33 bits per heavy atom. The molecule has 0 aliphatic rings. The molecule has 18 heavy (non-hydrogen) atoms. The van der Waals surface area contributed by atoms with E-state index in [9.17, 15) is 4.79 Å². The summed E-state index contributed by atoms with van der Waals surface area (Å²) < 4.78 is 0. The molecule has 1 atom stereocenters. The summed E-state index contributed by atoms with van der Waals surface area (Å²) in [4.78, 5) is 11.7. The zero-order valence-electron chi connectivity index (χ0n) is 11.0. The second kappa shape index (κ2) is 7.13. The number of carbonyl (C=O) groups is 1. The zero-order valence-corrected chi connectivity index (χ0v) is 11.0. The van der Waals surface area contributed by atoms with Gasteiger partial charge in [-0.2, -0.15) is 0 Å². The Hall–Kier alpha value is -1.39. The van der Waals surface area contributed by atoms with E-state index < -0.39 is 6.04 Å². The number of rotatable bonds is 6. The first-order valence-electron chi connectivity index (χ1n) is 6.25. The van der Waals surface area contributed by atoms with Crippen LogP contribution in [0.4, 0.5) is 0 Å². The molecule has 0 aliphatic carbocycles. The quantitative estimate of drug-likeness (QED) is 0.709. The number of nitrogens with one attached hydrogen (secondary N) is 1. The van der Waals surface area contributed by atoms with E-state index in [1.54, 1.807) is 0 Å². The Balaban J connectivity index is 2.41. The van der Waals surface area contributed by atoms with Crippen LogP contribution >= 0.6 is 0 Å². The van der Waals surface area contributed by atoms with Crippen molar-refractivity contribution in [3.63, 3.8) is 0 Å². The number of benzene rings is 1. The molecule has 0 saturated carbocycles. The fraction of sp³-hybridized carbons (Fsp3) is 0.500. The van der Waals surface area contributed by atoms with Gasteiger partial charge in [0.2, 0.25) is 5.91 Å². The lowest BCUT2D eigenvalue weighted by atomic mass is 10.0. The maximum atomic E-state index is 11.7. The van der Waals surface area contributed by atoms with E-state index in [2.05, 4.69) is 5.32 Å². The Morgan fingerprint density at radius 1 is 1.28 bits per heavy atom. The number of hydrogen-bond acceptors (Lipinski definition) is 3. The first-order chi connectivity index (χ1) is 8.52. The largest absolute Gasteiger partial charge is 0.392 e. The van der Waals surface area contributed by atoms with Crippen LogP contribution in [0.25, 0.3) is 0 Å². The third-order valence-electron chi connectivity index (χ3n) is 2.73. The third-order valence-corrected chi connectivity index (χ3v) is 2.73. The molecule has 0 heterocycles. The molecule has 1 aromatic carbocycles. The van der Waals surface area contributed by atoms with Gasteiger partial charge in [-0.25, -0.2) is 0 Å². The smallest absolute Gasteiger partial charge is 0.237 e. The van der Waals surface area contributed by atoms with Gasteiger partial charge in [-0.15, -0.1) is 0 Å². The summed E-state index contributed by atoms with van der Waals surface area (Å²) in [6.07, 6.45) is 0.690. The number of hydrogen-bond donors (Lipinski definition) is 3. The van der Waals surface area contributed by atoms with Gasteiger partial charge in [0.25, 0.3) is 0 Å². The molecule has 4 nitrogen and oxygen atoms in total. The Morgan fingerprint density at radius 2 is 1.83 bits per heavy atom. The van der Waals surface area contributed by atoms with Crippen LogP contribution in [0.2, 0.25) is 0 Å². The maximum absolute atomic E-state index is 11.7. The minimum atomic E-state index is -0.443. The molecule has 0 radical (unpaired) electrons. The summed E-state index contributed by atoms with van der Waals surface area (Å²) in [7, 11) is 0. The molecule has 0 aliphatic heterocycles. The van der Waals surface area contributed by atoms with Crippen molar-refractivity contribution in [2.24, 2.45) is 11.7 Å². The minimum absolute atomic E-state index is 0.0336. The molecule has 100 valence electrons. The van der Waals surface area contributed by atoms with E-state index >= 15 is 0 Å². The van der Waals surface area contributed by atoms with E-state index in [4.69, 9.17) is 10.8 Å². The van der Waals surface area contributed by atoms with Crippen molar-refractivity contribution in [2.75, 3.05) is 0 Å². The average molecular weight is 250 g/mol. The van der Waals surface area contributed by atoms with Gasteiger partial charge in [0.15, 0.2) is 0 Å². The van der Waals surface area contributed by atoms with E-state index in [0.29, 0.717) is 18.9 Å². The van der Waals surface area contributed by atoms with Crippen molar-refractivity contribution in [1.29, 1.82) is 0 Å². The van der Waals surface area contributed by atoms with Crippen LogP contribution in [-0.4, -0.2) is 17.1 Å². The van der Waals surface area contributed by atoms with Crippen molar-refractivity contribution >= 4 is 5.91 Å². The molecule has 0 aromatic heterocycles. The minimum Gasteiger partial charge on any atom is -0.392 e. The highest BCUT2D eigenvalue weighted by molar-refractivity contribution is 5.81. The highest BCUT2D eigenvalue weighted by atomic mass is 16.3. The lowest BCUT2D eigenvalue weighted by Crippen LogP contribution is -2.41. The second-order valence-electron chi connectivity index (χ2n) is 4.93. The fourth-order valence-corrected chi connectivity index (χ4v) is 1.70. The van der Waals surface area contributed by atoms with Crippen LogP contribution in [0.5, 0.6) is 0 Å². The van der Waals surface area contributed by atoms with Crippen LogP contribution in [0.1, 0.15) is 31.4 Å². The molecule has 1 unspecified atom stereocenters. The molecule has 1 amide bonds. The summed E-state index contributed by atoms with van der Waals surface area (Å²) in [5, 5.41) is 11.7. The summed E-state index contributed by atoms with van der Waals surface area (Å²) in [5.41, 5.74) is 7.64. The topological polar surface area (TPSA) is 75.4 Å². The molecule has 0 bridgehead atoms. The molecule has 4 heteroatoms. The van der Waals surface area contributed by atoms with Gasteiger partial charge in [0.05, 0.1) is 12.6 Å². The lowest BCUT2D eigenvalue weighted by molar-refractivity contribution is -0.122. The predicted octanol–water partition coefficient (Wildman–Crippen LogP) is 1.17. The van der Waals surface area contributed by atoms with Crippen LogP contribution < -0.4 is 11.1 Å². The van der Waals surface area contributed by atoms with Crippen molar-refractivity contribution in [3.8, 4) is 0 Å². The van der Waals surface area contributed by atoms with E-state index in [1.165, 1.54) is 0 Å². The molecule has 1 aromatic rings. The zero-order chi connectivity index (χ0) is 13.5. The summed E-state index contributed by atoms with van der Waals surface area (Å²) in [5.74, 6) is 0.296. The van der Waals surface area contributed by atoms with Crippen molar-refractivity contribution in [3.05, 3.63) is 35.4 Å². The van der Waals surface area contributed by atoms with Gasteiger partial charge in [-0.1, -0.05) is 38.1 Å². The van der Waals surface area contributed by atoms with Crippen molar-refractivity contribution in [1.82, 2.24) is 5.32 Å². The third kappa shape index (κ3) is 4.85. The molecule has 1 rings (SSSR count). The predicted molar refractivity (Wildman–Crippen MR) is 71.6 cm³/mol. The van der Waals surface area contributed by atoms with Crippen LogP contribution in [-0.2, 0) is 17.9 Å². The summed E-state index contributed by atoms with van der Waals surface area (Å²) in [6, 6.07) is 7.02. The number of aliphatic hydroxyl groups is 1. The van der Waals surface area contributed by atoms with Crippen LogP contribution in [0, 0.1) is 5.92 Å². The van der Waals surface area contributed by atoms with Crippen molar-refractivity contribution in [2.45, 2.75) is 39.5 Å². The van der Waals surface area contributed by atoms with E-state index in [0.717, 1.165) is 11.1 Å². The first kappa shape index (κ1) is 14.7. The van der Waals surface area contributed by atoms with Crippen LogP contribution in [0.3, 0.4) is 0 Å². The molecule has 0 fully saturated rings. The van der Waals surface area contributed by atoms with Crippen LogP contribution in [0.15, 0.2) is 24.3 Å². The fourth-order valence-electron chi connectivity index (χ4n) is 1.70. The van der Waals surface area contributed by atoms with Gasteiger partial charge < -0.3 is 16.2 Å². The van der Waals surface area contributed by atoms with Gasteiger partial charge in [0, 0.05) is 6.54 Å². The van der Waals surface area contributed by atoms with E-state index in [-0.39, 0.29) is 12.5 Å². The second-order valence-corrected chi connectivity index (χ2v) is 4.93. The number of nitrogens with two attached hydrogens (primary N) is 1. The monoisotopic (exact) mass is 250 g/mol. The summed E-state index contributed by atoms with van der Waals surface area (Å²) >= 11 is 0. The number of amides is 1. The lowest BCUT2D eigenvalue weighted by Gasteiger charge is -2.14. The maximum Gasteiger partial charge on any atom is 0.237 e. The van der Waals surface area contributed by atoms with Gasteiger partial charge >= 0.3 is 0 Å². The summed E-state index contributed by atoms with van der Waals surface area (Å²) in [6.45, 7) is 4.59. The van der Waals surface area contributed by atoms with Gasteiger partial charge in [-0.05, 0) is 23.5 Å². The average Bonchev–Trinajstić information content (AvgIpc) is 2.35. The highest BCUT2D eigenvalue weighted by Crippen LogP contribution is 2.05. The van der Waals surface area contributed by atoms with Gasteiger partial charge in [-0.3, -0.25) is 4.79 Å². The van der Waals surface area contributed by atoms with E-state index in [1.807, 2.05) is 38.1 Å². The van der Waals surface area contributed by atoms with Crippen molar-refractivity contribution < 1.29 is 9.90 Å². The Bertz CT molecular complexity index is 374. The highest BCUT2D eigenvalue weighted by Gasteiger charge is 2.14. The first-order valence-corrected chi connectivity index (χ1v) is 6.25. The van der Waals surface area contributed by atoms with Gasteiger partial charge in [0.1, 0.15) is 0 Å².